The van der Waals surface area contributed by atoms with Gasteiger partial charge in [0.25, 0.3) is 5.91 Å². The van der Waals surface area contributed by atoms with Crippen molar-refractivity contribution in [2.75, 3.05) is 13.1 Å². The standard InChI is InChI=1S/C26H33N5O5/c1-19-6-4-15-31(19,25(34)22(17-29(36)18-32)16-20-7-2-3-8-20)26(35)28-24(33)21-9-11-23(12-10-21)30-14-5-13-27-30/h5,9-14,18-20,22,36H,2-4,6-8,15-17H2,1H3/p+1/t19-,22-,31?/m1/s1. The summed E-state index contributed by atoms with van der Waals surface area (Å²) in [5, 5.41) is 17.0. The monoisotopic (exact) mass is 496 g/mol. The molecule has 0 bridgehead atoms. The predicted octanol–water partition coefficient (Wildman–Crippen LogP) is 3.29. The van der Waals surface area contributed by atoms with Gasteiger partial charge in [0.15, 0.2) is 0 Å². The Morgan fingerprint density at radius 2 is 1.92 bits per heavy atom. The van der Waals surface area contributed by atoms with E-state index in [1.807, 2.05) is 6.92 Å². The van der Waals surface area contributed by atoms with Crippen molar-refractivity contribution in [1.29, 1.82) is 0 Å². The van der Waals surface area contributed by atoms with Gasteiger partial charge in [-0.25, -0.2) is 24.7 Å². The average Bonchev–Trinajstić information content (AvgIpc) is 3.66. The van der Waals surface area contributed by atoms with E-state index in [1.54, 1.807) is 47.4 Å². The van der Waals surface area contributed by atoms with Crippen LogP contribution < -0.4 is 5.32 Å². The van der Waals surface area contributed by atoms with E-state index in [0.29, 0.717) is 35.8 Å². The third-order valence-corrected chi connectivity index (χ3v) is 7.73. The van der Waals surface area contributed by atoms with Crippen molar-refractivity contribution in [1.82, 2.24) is 20.2 Å². The summed E-state index contributed by atoms with van der Waals surface area (Å²) < 4.78 is 1.16. The first-order valence-corrected chi connectivity index (χ1v) is 12.6. The summed E-state index contributed by atoms with van der Waals surface area (Å²) in [6.45, 7) is 1.96. The van der Waals surface area contributed by atoms with Gasteiger partial charge in [0, 0.05) is 30.8 Å². The van der Waals surface area contributed by atoms with Crippen LogP contribution in [0, 0.1) is 11.8 Å². The normalized spacial score (nSPS) is 22.8. The maximum absolute atomic E-state index is 14.0. The van der Waals surface area contributed by atoms with Gasteiger partial charge in [-0.15, -0.1) is 0 Å². The SMILES string of the molecule is C[C@@H]1CCC[N+]1(C(=O)NC(=O)c1ccc(-n2cccn2)cc1)C(=O)[C@H](CC1CCCC1)CN(O)C=O. The molecule has 3 atom stereocenters. The van der Waals surface area contributed by atoms with Gasteiger partial charge >= 0.3 is 11.9 Å². The van der Waals surface area contributed by atoms with Crippen molar-refractivity contribution in [2.24, 2.45) is 11.8 Å². The zero-order valence-corrected chi connectivity index (χ0v) is 20.6. The largest absolute Gasteiger partial charge is 0.431 e. The Morgan fingerprint density at radius 1 is 1.19 bits per heavy atom. The highest BCUT2D eigenvalue weighted by Gasteiger charge is 2.55. The number of nitrogens with zero attached hydrogens (tertiary/aromatic N) is 4. The minimum absolute atomic E-state index is 0.165. The van der Waals surface area contributed by atoms with Crippen molar-refractivity contribution in [3.8, 4) is 5.69 Å². The predicted molar refractivity (Wildman–Crippen MR) is 130 cm³/mol. The van der Waals surface area contributed by atoms with Crippen LogP contribution in [0.15, 0.2) is 42.7 Å². The fourth-order valence-electron chi connectivity index (χ4n) is 5.76. The second-order valence-electron chi connectivity index (χ2n) is 9.99. The van der Waals surface area contributed by atoms with E-state index < -0.39 is 22.3 Å². The van der Waals surface area contributed by atoms with Crippen LogP contribution in [0.5, 0.6) is 0 Å². The molecule has 10 nitrogen and oxygen atoms in total. The summed E-state index contributed by atoms with van der Waals surface area (Å²) >= 11 is 0. The number of hydrogen-bond donors (Lipinski definition) is 2. The van der Waals surface area contributed by atoms with Crippen LogP contribution in [0.25, 0.3) is 5.69 Å². The number of quaternary nitrogens is 1. The molecule has 0 spiro atoms. The second kappa shape index (κ2) is 11.1. The molecule has 1 aromatic carbocycles. The van der Waals surface area contributed by atoms with Crippen LogP contribution in [0.1, 0.15) is 62.2 Å². The Bertz CT molecular complexity index is 1080. The van der Waals surface area contributed by atoms with E-state index in [-0.39, 0.29) is 31.4 Å². The molecule has 5 amide bonds. The Hall–Kier alpha value is -3.37. The molecule has 1 aliphatic carbocycles. The molecule has 36 heavy (non-hydrogen) atoms. The molecule has 192 valence electrons. The first kappa shape index (κ1) is 25.7. The van der Waals surface area contributed by atoms with Crippen LogP contribution in [-0.2, 0) is 9.59 Å². The Balaban J connectivity index is 1.54. The van der Waals surface area contributed by atoms with E-state index in [9.17, 15) is 24.4 Å². The smallest absolute Gasteiger partial charge is 0.286 e. The number of aromatic nitrogens is 2. The fraction of sp³-hybridized carbons (Fsp3) is 0.500. The van der Waals surface area contributed by atoms with E-state index in [2.05, 4.69) is 10.4 Å². The number of rotatable bonds is 8. The maximum Gasteiger partial charge on any atom is 0.431 e. The van der Waals surface area contributed by atoms with Gasteiger partial charge in [-0.1, -0.05) is 25.7 Å². The molecule has 2 heterocycles. The lowest BCUT2D eigenvalue weighted by Gasteiger charge is -2.36. The topological polar surface area (TPSA) is 122 Å². The van der Waals surface area contributed by atoms with E-state index in [4.69, 9.17) is 0 Å². The first-order chi connectivity index (χ1) is 17.3. The molecule has 2 N–H and O–H groups in total. The van der Waals surface area contributed by atoms with Gasteiger partial charge in [-0.3, -0.25) is 14.8 Å². The summed E-state index contributed by atoms with van der Waals surface area (Å²) in [6, 6.07) is 7.49. The first-order valence-electron chi connectivity index (χ1n) is 12.6. The molecule has 1 aliphatic heterocycles. The second-order valence-corrected chi connectivity index (χ2v) is 9.99. The van der Waals surface area contributed by atoms with Crippen LogP contribution in [0.4, 0.5) is 4.79 Å². The summed E-state index contributed by atoms with van der Waals surface area (Å²) in [7, 11) is 0. The Labute approximate surface area is 210 Å². The summed E-state index contributed by atoms with van der Waals surface area (Å²) in [5.74, 6) is -1.31. The highest BCUT2D eigenvalue weighted by molar-refractivity contribution is 6.04. The van der Waals surface area contributed by atoms with Crippen molar-refractivity contribution >= 4 is 24.3 Å². The van der Waals surface area contributed by atoms with E-state index in [1.165, 1.54) is 0 Å². The lowest BCUT2D eigenvalue weighted by Crippen LogP contribution is -2.65. The van der Waals surface area contributed by atoms with Gasteiger partial charge in [-0.2, -0.15) is 9.58 Å². The highest BCUT2D eigenvalue weighted by atomic mass is 16.5. The van der Waals surface area contributed by atoms with Crippen molar-refractivity contribution in [3.63, 3.8) is 0 Å². The number of nitrogens with one attached hydrogen (secondary N) is 1. The summed E-state index contributed by atoms with van der Waals surface area (Å²) in [5.41, 5.74) is 1.06. The average molecular weight is 497 g/mol. The van der Waals surface area contributed by atoms with Gasteiger partial charge in [0.05, 0.1) is 24.7 Å². The highest BCUT2D eigenvalue weighted by Crippen LogP contribution is 2.35. The Morgan fingerprint density at radius 3 is 2.50 bits per heavy atom. The molecule has 2 fully saturated rings. The molecule has 1 aromatic heterocycles. The van der Waals surface area contributed by atoms with E-state index in [0.717, 1.165) is 31.4 Å². The lowest BCUT2D eigenvalue weighted by atomic mass is 9.91. The quantitative estimate of drug-likeness (QED) is 0.250. The van der Waals surface area contributed by atoms with Crippen molar-refractivity contribution in [2.45, 2.75) is 57.9 Å². The summed E-state index contributed by atoms with van der Waals surface area (Å²) in [4.78, 5) is 51.7. The molecular formula is C26H34N5O5+. The Kier molecular flexibility index (Phi) is 7.95. The van der Waals surface area contributed by atoms with Crippen LogP contribution in [0.3, 0.4) is 0 Å². The number of urea groups is 1. The minimum atomic E-state index is -0.696. The third kappa shape index (κ3) is 5.24. The summed E-state index contributed by atoms with van der Waals surface area (Å²) in [6.07, 6.45) is 9.72. The van der Waals surface area contributed by atoms with Gasteiger partial charge in [0.2, 0.25) is 6.41 Å². The minimum Gasteiger partial charge on any atom is -0.286 e. The fourth-order valence-corrected chi connectivity index (χ4v) is 5.76. The van der Waals surface area contributed by atoms with Gasteiger partial charge in [-0.05, 0) is 49.6 Å². The van der Waals surface area contributed by atoms with Crippen molar-refractivity contribution < 1.29 is 28.9 Å². The van der Waals surface area contributed by atoms with Crippen molar-refractivity contribution in [3.05, 3.63) is 48.3 Å². The lowest BCUT2D eigenvalue weighted by molar-refractivity contribution is -0.786. The van der Waals surface area contributed by atoms with Crippen LogP contribution in [-0.4, -0.2) is 67.9 Å². The van der Waals surface area contributed by atoms with Gasteiger partial charge < -0.3 is 0 Å². The van der Waals surface area contributed by atoms with Crippen LogP contribution in [0.2, 0.25) is 0 Å². The van der Waals surface area contributed by atoms with E-state index >= 15 is 0 Å². The number of carbonyl (C=O) groups is 4. The molecule has 0 radical (unpaired) electrons. The molecule has 10 heteroatoms. The number of carbonyl (C=O) groups excluding carboxylic acids is 4. The molecule has 1 saturated carbocycles. The molecule has 2 aromatic rings. The molecular weight excluding hydrogens is 462 g/mol. The number of likely N-dealkylation sites (tertiary alicyclic amines) is 1. The van der Waals surface area contributed by atoms with Crippen LogP contribution >= 0.6 is 0 Å². The number of benzene rings is 1. The number of hydroxylamine groups is 2. The number of imide groups is 2. The number of amides is 5. The van der Waals surface area contributed by atoms with Gasteiger partial charge in [0.1, 0.15) is 6.04 Å². The molecule has 1 saturated heterocycles. The zero-order valence-electron chi connectivity index (χ0n) is 20.6. The molecule has 1 unspecified atom stereocenters. The molecule has 2 aliphatic rings. The maximum atomic E-state index is 14.0. The number of hydrogen-bond acceptors (Lipinski definition) is 6. The zero-order chi connectivity index (χ0) is 25.7. The molecule has 4 rings (SSSR count). The third-order valence-electron chi connectivity index (χ3n) is 7.73.